The lowest BCUT2D eigenvalue weighted by atomic mass is 10.0. The number of hydrogen-bond acceptors (Lipinski definition) is 2. The molecule has 0 aromatic heterocycles. The Hall–Kier alpha value is -1.02. The van der Waals surface area contributed by atoms with Crippen molar-refractivity contribution >= 4 is 0 Å². The highest BCUT2D eigenvalue weighted by atomic mass is 16.5. The molecular formula is C17H27NO. The number of ether oxygens (including phenoxy) is 1. The van der Waals surface area contributed by atoms with Gasteiger partial charge in [-0.2, -0.15) is 0 Å². The summed E-state index contributed by atoms with van der Waals surface area (Å²) in [6.07, 6.45) is 1.07. The Morgan fingerprint density at radius 1 is 1.16 bits per heavy atom. The molecule has 2 rings (SSSR count). The fraction of sp³-hybridized carbons (Fsp3) is 0.647. The average Bonchev–Trinajstić information content (AvgIpc) is 2.77. The van der Waals surface area contributed by atoms with Crippen LogP contribution < -0.4 is 10.1 Å². The van der Waals surface area contributed by atoms with Gasteiger partial charge < -0.3 is 10.1 Å². The summed E-state index contributed by atoms with van der Waals surface area (Å²) in [7, 11) is 1.75. The third-order valence-corrected chi connectivity index (χ3v) is 5.31. The van der Waals surface area contributed by atoms with Crippen LogP contribution in [-0.4, -0.2) is 13.2 Å². The summed E-state index contributed by atoms with van der Waals surface area (Å²) in [5.74, 6) is 0.984. The SMILES string of the molecule is CCC(NC1C(C)(C)C1(C)C)c1ccccc1OC. The van der Waals surface area contributed by atoms with E-state index in [1.165, 1.54) is 5.56 Å². The second kappa shape index (κ2) is 4.82. The minimum Gasteiger partial charge on any atom is -0.496 e. The van der Waals surface area contributed by atoms with Crippen molar-refractivity contribution in [1.82, 2.24) is 5.32 Å². The van der Waals surface area contributed by atoms with Crippen LogP contribution in [-0.2, 0) is 0 Å². The van der Waals surface area contributed by atoms with E-state index in [0.717, 1.165) is 12.2 Å². The molecule has 0 saturated heterocycles. The highest BCUT2D eigenvalue weighted by molar-refractivity contribution is 5.36. The monoisotopic (exact) mass is 261 g/mol. The van der Waals surface area contributed by atoms with Gasteiger partial charge in [0, 0.05) is 17.6 Å². The van der Waals surface area contributed by atoms with Crippen molar-refractivity contribution in [2.75, 3.05) is 7.11 Å². The predicted octanol–water partition coefficient (Wildman–Crippen LogP) is 4.17. The molecule has 19 heavy (non-hydrogen) atoms. The first-order valence-corrected chi connectivity index (χ1v) is 7.25. The summed E-state index contributed by atoms with van der Waals surface area (Å²) in [6, 6.07) is 9.26. The summed E-state index contributed by atoms with van der Waals surface area (Å²) in [4.78, 5) is 0. The van der Waals surface area contributed by atoms with Crippen LogP contribution in [0.3, 0.4) is 0 Å². The molecule has 0 bridgehead atoms. The van der Waals surface area contributed by atoms with Crippen LogP contribution in [0.25, 0.3) is 0 Å². The molecule has 2 nitrogen and oxygen atoms in total. The van der Waals surface area contributed by atoms with Crippen LogP contribution in [0.15, 0.2) is 24.3 Å². The van der Waals surface area contributed by atoms with Crippen LogP contribution >= 0.6 is 0 Å². The van der Waals surface area contributed by atoms with Crippen molar-refractivity contribution in [3.63, 3.8) is 0 Å². The highest BCUT2D eigenvalue weighted by Crippen LogP contribution is 2.63. The van der Waals surface area contributed by atoms with E-state index in [2.05, 4.69) is 52.1 Å². The fourth-order valence-corrected chi connectivity index (χ4v) is 3.20. The van der Waals surface area contributed by atoms with Crippen molar-refractivity contribution in [3.8, 4) is 5.75 Å². The van der Waals surface area contributed by atoms with Gasteiger partial charge in [0.1, 0.15) is 5.75 Å². The van der Waals surface area contributed by atoms with E-state index < -0.39 is 0 Å². The molecule has 1 saturated carbocycles. The summed E-state index contributed by atoms with van der Waals surface area (Å²) in [5.41, 5.74) is 2.00. The third kappa shape index (κ3) is 2.27. The summed E-state index contributed by atoms with van der Waals surface area (Å²) >= 11 is 0. The molecule has 1 aromatic carbocycles. The minimum absolute atomic E-state index is 0.363. The van der Waals surface area contributed by atoms with E-state index in [4.69, 9.17) is 4.74 Å². The van der Waals surface area contributed by atoms with E-state index in [-0.39, 0.29) is 0 Å². The lowest BCUT2D eigenvalue weighted by molar-refractivity contribution is 0.390. The van der Waals surface area contributed by atoms with Gasteiger partial charge in [-0.3, -0.25) is 0 Å². The van der Waals surface area contributed by atoms with E-state index in [9.17, 15) is 0 Å². The van der Waals surface area contributed by atoms with E-state index in [1.54, 1.807) is 7.11 Å². The van der Waals surface area contributed by atoms with Gasteiger partial charge in [0.2, 0.25) is 0 Å². The number of para-hydroxylation sites is 1. The zero-order chi connectivity index (χ0) is 14.3. The maximum atomic E-state index is 5.49. The largest absolute Gasteiger partial charge is 0.496 e. The van der Waals surface area contributed by atoms with Crippen LogP contribution in [0.4, 0.5) is 0 Å². The molecular weight excluding hydrogens is 234 g/mol. The lowest BCUT2D eigenvalue weighted by Gasteiger charge is -2.21. The first-order chi connectivity index (χ1) is 8.86. The summed E-state index contributed by atoms with van der Waals surface area (Å²) < 4.78 is 5.49. The van der Waals surface area contributed by atoms with Gasteiger partial charge in [0.05, 0.1) is 7.11 Å². The van der Waals surface area contributed by atoms with Gasteiger partial charge in [-0.15, -0.1) is 0 Å². The zero-order valence-electron chi connectivity index (χ0n) is 13.1. The Morgan fingerprint density at radius 3 is 2.21 bits per heavy atom. The van der Waals surface area contributed by atoms with Gasteiger partial charge in [0.25, 0.3) is 0 Å². The first kappa shape index (κ1) is 14.4. The van der Waals surface area contributed by atoms with Gasteiger partial charge in [-0.05, 0) is 23.3 Å². The fourth-order valence-electron chi connectivity index (χ4n) is 3.20. The smallest absolute Gasteiger partial charge is 0.123 e. The zero-order valence-corrected chi connectivity index (χ0v) is 13.1. The van der Waals surface area contributed by atoms with Crippen molar-refractivity contribution in [3.05, 3.63) is 29.8 Å². The van der Waals surface area contributed by atoms with Crippen LogP contribution in [0, 0.1) is 10.8 Å². The maximum Gasteiger partial charge on any atom is 0.123 e. The molecule has 1 aliphatic rings. The maximum absolute atomic E-state index is 5.49. The van der Waals surface area contributed by atoms with E-state index in [1.807, 2.05) is 12.1 Å². The number of methoxy groups -OCH3 is 1. The highest BCUT2D eigenvalue weighted by Gasteiger charge is 2.64. The van der Waals surface area contributed by atoms with Crippen LogP contribution in [0.5, 0.6) is 5.75 Å². The Bertz CT molecular complexity index is 436. The second-order valence-electron chi connectivity index (χ2n) is 6.75. The van der Waals surface area contributed by atoms with Crippen molar-refractivity contribution < 1.29 is 4.74 Å². The number of rotatable bonds is 5. The van der Waals surface area contributed by atoms with Gasteiger partial charge in [-0.25, -0.2) is 0 Å². The molecule has 2 heteroatoms. The Kier molecular flexibility index (Phi) is 3.65. The lowest BCUT2D eigenvalue weighted by Crippen LogP contribution is -2.27. The van der Waals surface area contributed by atoms with Gasteiger partial charge >= 0.3 is 0 Å². The normalized spacial score (nSPS) is 22.0. The molecule has 1 aromatic rings. The Morgan fingerprint density at radius 2 is 1.74 bits per heavy atom. The first-order valence-electron chi connectivity index (χ1n) is 7.25. The molecule has 0 aliphatic heterocycles. The molecule has 1 fully saturated rings. The topological polar surface area (TPSA) is 21.3 Å². The third-order valence-electron chi connectivity index (χ3n) is 5.31. The quantitative estimate of drug-likeness (QED) is 0.859. The summed E-state index contributed by atoms with van der Waals surface area (Å²) in [5, 5.41) is 3.83. The van der Waals surface area contributed by atoms with Crippen molar-refractivity contribution in [1.29, 1.82) is 0 Å². The number of hydrogen-bond donors (Lipinski definition) is 1. The minimum atomic E-state index is 0.363. The van der Waals surface area contributed by atoms with Gasteiger partial charge in [-0.1, -0.05) is 52.8 Å². The van der Waals surface area contributed by atoms with Crippen LogP contribution in [0.1, 0.15) is 52.6 Å². The van der Waals surface area contributed by atoms with Crippen molar-refractivity contribution in [2.45, 2.75) is 53.1 Å². The molecule has 1 N–H and O–H groups in total. The Balaban J connectivity index is 2.18. The average molecular weight is 261 g/mol. The standard InChI is InChI=1S/C17H27NO/c1-7-13(12-10-8-9-11-14(12)19-6)18-15-16(2,3)17(15,4)5/h8-11,13,15,18H,7H2,1-6H3. The number of benzene rings is 1. The summed E-state index contributed by atoms with van der Waals surface area (Å²) in [6.45, 7) is 11.6. The predicted molar refractivity (Wildman–Crippen MR) is 80.5 cm³/mol. The molecule has 1 atom stereocenters. The van der Waals surface area contributed by atoms with Gasteiger partial charge in [0.15, 0.2) is 0 Å². The van der Waals surface area contributed by atoms with E-state index >= 15 is 0 Å². The molecule has 1 aliphatic carbocycles. The molecule has 0 spiro atoms. The van der Waals surface area contributed by atoms with Crippen molar-refractivity contribution in [2.24, 2.45) is 10.8 Å². The molecule has 1 unspecified atom stereocenters. The second-order valence-corrected chi connectivity index (χ2v) is 6.75. The van der Waals surface area contributed by atoms with E-state index in [0.29, 0.717) is 22.9 Å². The molecule has 0 heterocycles. The molecule has 0 amide bonds. The molecule has 106 valence electrons. The van der Waals surface area contributed by atoms with Crippen LogP contribution in [0.2, 0.25) is 0 Å². The number of nitrogens with one attached hydrogen (secondary N) is 1. The Labute approximate surface area is 117 Å². The molecule has 0 radical (unpaired) electrons.